The molecule has 15 heavy (non-hydrogen) atoms. The monoisotopic (exact) mass is 237 g/mol. The predicted molar refractivity (Wildman–Crippen MR) is 60.1 cm³/mol. The van der Waals surface area contributed by atoms with Gasteiger partial charge < -0.3 is 0 Å². The summed E-state index contributed by atoms with van der Waals surface area (Å²) in [6, 6.07) is 7.62. The summed E-state index contributed by atoms with van der Waals surface area (Å²) in [6.45, 7) is 1.88. The van der Waals surface area contributed by atoms with Crippen molar-refractivity contribution in [2.24, 2.45) is 0 Å². The zero-order valence-electron chi connectivity index (χ0n) is 8.01. The van der Waals surface area contributed by atoms with Gasteiger partial charge in [-0.2, -0.15) is 0 Å². The van der Waals surface area contributed by atoms with E-state index >= 15 is 0 Å². The smallest absolute Gasteiger partial charge is 0.223 e. The third-order valence-electron chi connectivity index (χ3n) is 1.65. The van der Waals surface area contributed by atoms with Crippen LogP contribution in [0.4, 0.5) is 0 Å². The average molecular weight is 238 g/mol. The maximum absolute atomic E-state index is 5.76. The highest BCUT2D eigenvalue weighted by atomic mass is 35.5. The molecule has 0 radical (unpaired) electrons. The molecule has 0 N–H and O–H groups in total. The molecule has 0 saturated heterocycles. The lowest BCUT2D eigenvalue weighted by Gasteiger charge is -2.00. The lowest BCUT2D eigenvalue weighted by Crippen LogP contribution is -1.89. The zero-order valence-corrected chi connectivity index (χ0v) is 9.59. The second-order valence-corrected chi connectivity index (χ2v) is 4.27. The highest BCUT2D eigenvalue weighted by Gasteiger charge is 2.02. The molecule has 0 bridgehead atoms. The molecule has 2 aromatic rings. The standard InChI is InChI=1S/C10H8ClN3S/c1-7-6-9(14-10(11)13-7)15-8-4-2-3-5-12-8/h2-6H,1H3. The number of aromatic nitrogens is 3. The van der Waals surface area contributed by atoms with Gasteiger partial charge in [0.15, 0.2) is 0 Å². The van der Waals surface area contributed by atoms with Crippen molar-refractivity contribution in [1.82, 2.24) is 15.0 Å². The number of aryl methyl sites for hydroxylation is 1. The van der Waals surface area contributed by atoms with Gasteiger partial charge in [0.25, 0.3) is 0 Å². The first-order valence-electron chi connectivity index (χ1n) is 4.34. The average Bonchev–Trinajstić information content (AvgIpc) is 2.17. The van der Waals surface area contributed by atoms with Crippen molar-refractivity contribution >= 4 is 23.4 Å². The van der Waals surface area contributed by atoms with Crippen molar-refractivity contribution in [3.05, 3.63) is 41.4 Å². The zero-order chi connectivity index (χ0) is 10.7. The number of nitrogens with zero attached hydrogens (tertiary/aromatic N) is 3. The van der Waals surface area contributed by atoms with Crippen molar-refractivity contribution in [3.8, 4) is 0 Å². The highest BCUT2D eigenvalue weighted by Crippen LogP contribution is 2.24. The van der Waals surface area contributed by atoms with Gasteiger partial charge in [-0.25, -0.2) is 15.0 Å². The fourth-order valence-electron chi connectivity index (χ4n) is 1.07. The van der Waals surface area contributed by atoms with E-state index in [1.54, 1.807) is 6.20 Å². The molecule has 0 aliphatic carbocycles. The molecular formula is C10H8ClN3S. The Morgan fingerprint density at radius 3 is 2.73 bits per heavy atom. The van der Waals surface area contributed by atoms with Crippen LogP contribution in [0.1, 0.15) is 5.69 Å². The van der Waals surface area contributed by atoms with E-state index in [0.717, 1.165) is 15.7 Å². The number of rotatable bonds is 2. The Morgan fingerprint density at radius 2 is 2.07 bits per heavy atom. The van der Waals surface area contributed by atoms with Crippen LogP contribution in [-0.2, 0) is 0 Å². The fraction of sp³-hybridized carbons (Fsp3) is 0.100. The Labute approximate surface area is 96.9 Å². The highest BCUT2D eigenvalue weighted by molar-refractivity contribution is 7.99. The molecule has 0 fully saturated rings. The SMILES string of the molecule is Cc1cc(Sc2ccccn2)nc(Cl)n1. The summed E-state index contributed by atoms with van der Waals surface area (Å²) in [5.74, 6) is 0. The van der Waals surface area contributed by atoms with E-state index in [-0.39, 0.29) is 5.28 Å². The summed E-state index contributed by atoms with van der Waals surface area (Å²) in [5, 5.41) is 1.98. The maximum Gasteiger partial charge on any atom is 0.223 e. The summed E-state index contributed by atoms with van der Waals surface area (Å²) >= 11 is 7.23. The minimum absolute atomic E-state index is 0.272. The van der Waals surface area contributed by atoms with Crippen LogP contribution in [0.2, 0.25) is 5.28 Å². The summed E-state index contributed by atoms with van der Waals surface area (Å²) in [4.78, 5) is 12.3. The Hall–Kier alpha value is -1.13. The van der Waals surface area contributed by atoms with Gasteiger partial charge in [0.05, 0.1) is 0 Å². The van der Waals surface area contributed by atoms with E-state index in [9.17, 15) is 0 Å². The second kappa shape index (κ2) is 4.59. The molecule has 3 nitrogen and oxygen atoms in total. The lowest BCUT2D eigenvalue weighted by atomic mass is 10.5. The lowest BCUT2D eigenvalue weighted by molar-refractivity contribution is 1.00. The number of hydrogen-bond donors (Lipinski definition) is 0. The van der Waals surface area contributed by atoms with Crippen LogP contribution in [0.3, 0.4) is 0 Å². The predicted octanol–water partition coefficient (Wildman–Crippen LogP) is 2.98. The normalized spacial score (nSPS) is 10.3. The number of halogens is 1. The molecule has 2 rings (SSSR count). The van der Waals surface area contributed by atoms with Crippen LogP contribution in [0.5, 0.6) is 0 Å². The van der Waals surface area contributed by atoms with Crippen molar-refractivity contribution in [3.63, 3.8) is 0 Å². The molecule has 0 atom stereocenters. The Morgan fingerprint density at radius 1 is 1.20 bits per heavy atom. The molecule has 0 aliphatic rings. The summed E-state index contributed by atoms with van der Waals surface area (Å²) in [7, 11) is 0. The largest absolute Gasteiger partial charge is 0.250 e. The van der Waals surface area contributed by atoms with Gasteiger partial charge in [0.2, 0.25) is 5.28 Å². The summed E-state index contributed by atoms with van der Waals surface area (Å²) < 4.78 is 0. The van der Waals surface area contributed by atoms with Gasteiger partial charge in [0, 0.05) is 11.9 Å². The van der Waals surface area contributed by atoms with Crippen LogP contribution >= 0.6 is 23.4 Å². The van der Waals surface area contributed by atoms with Gasteiger partial charge >= 0.3 is 0 Å². The molecule has 2 heterocycles. The summed E-state index contributed by atoms with van der Waals surface area (Å²) in [6.07, 6.45) is 1.75. The Bertz CT molecular complexity index is 441. The van der Waals surface area contributed by atoms with Crippen molar-refractivity contribution in [1.29, 1.82) is 0 Å². The van der Waals surface area contributed by atoms with E-state index in [0.29, 0.717) is 0 Å². The molecule has 0 saturated carbocycles. The fourth-order valence-corrected chi connectivity index (χ4v) is 2.18. The van der Waals surface area contributed by atoms with E-state index < -0.39 is 0 Å². The van der Waals surface area contributed by atoms with Crippen LogP contribution in [0, 0.1) is 6.92 Å². The van der Waals surface area contributed by atoms with Crippen molar-refractivity contribution in [2.45, 2.75) is 17.0 Å². The van der Waals surface area contributed by atoms with Crippen molar-refractivity contribution in [2.75, 3.05) is 0 Å². The van der Waals surface area contributed by atoms with Gasteiger partial charge in [0.1, 0.15) is 10.1 Å². The van der Waals surface area contributed by atoms with E-state index in [4.69, 9.17) is 11.6 Å². The quantitative estimate of drug-likeness (QED) is 0.595. The first kappa shape index (κ1) is 10.4. The van der Waals surface area contributed by atoms with Gasteiger partial charge in [-0.3, -0.25) is 0 Å². The second-order valence-electron chi connectivity index (χ2n) is 2.89. The molecule has 0 aromatic carbocycles. The van der Waals surface area contributed by atoms with Crippen LogP contribution in [0.25, 0.3) is 0 Å². The first-order chi connectivity index (χ1) is 7.24. The van der Waals surface area contributed by atoms with Crippen LogP contribution < -0.4 is 0 Å². The maximum atomic E-state index is 5.76. The third-order valence-corrected chi connectivity index (χ3v) is 2.69. The molecule has 0 aliphatic heterocycles. The molecule has 76 valence electrons. The Kier molecular flexibility index (Phi) is 3.18. The number of hydrogen-bond acceptors (Lipinski definition) is 4. The molecular weight excluding hydrogens is 230 g/mol. The summed E-state index contributed by atoms with van der Waals surface area (Å²) in [5.41, 5.74) is 0.855. The van der Waals surface area contributed by atoms with Crippen LogP contribution in [0.15, 0.2) is 40.5 Å². The Balaban J connectivity index is 2.25. The molecule has 0 amide bonds. The molecule has 5 heteroatoms. The van der Waals surface area contributed by atoms with Gasteiger partial charge in [-0.1, -0.05) is 6.07 Å². The molecule has 0 spiro atoms. The van der Waals surface area contributed by atoms with Crippen molar-refractivity contribution < 1.29 is 0 Å². The minimum Gasteiger partial charge on any atom is -0.250 e. The molecule has 2 aromatic heterocycles. The topological polar surface area (TPSA) is 38.7 Å². The molecule has 0 unspecified atom stereocenters. The van der Waals surface area contributed by atoms with Gasteiger partial charge in [-0.05, 0) is 48.5 Å². The van der Waals surface area contributed by atoms with E-state index in [1.807, 2.05) is 31.2 Å². The first-order valence-corrected chi connectivity index (χ1v) is 5.53. The van der Waals surface area contributed by atoms with E-state index in [1.165, 1.54) is 11.8 Å². The van der Waals surface area contributed by atoms with Crippen LogP contribution in [-0.4, -0.2) is 15.0 Å². The number of pyridine rings is 1. The minimum atomic E-state index is 0.272. The van der Waals surface area contributed by atoms with E-state index in [2.05, 4.69) is 15.0 Å². The third kappa shape index (κ3) is 2.91. The van der Waals surface area contributed by atoms with Gasteiger partial charge in [-0.15, -0.1) is 0 Å².